The number of aromatic nitrogens is 5. The van der Waals surface area contributed by atoms with E-state index in [1.165, 1.54) is 14.2 Å². The highest BCUT2D eigenvalue weighted by Crippen LogP contribution is 2.27. The SMILES string of the molecule is COC(=O)N[C@H](C(=O)N[C@@H](C)c1ncc(-c2ccc(-c3ccc(-c4cnc([C@@H](C)NC(=O)[C@H](NC(=O)OC)c5ccccc5)[nH]4)cc3)nc2)[nH]1)c1ccccc1. The van der Waals surface area contributed by atoms with Crippen LogP contribution in [0.2, 0.25) is 0 Å². The summed E-state index contributed by atoms with van der Waals surface area (Å²) in [6, 6.07) is 26.6. The first-order valence-electron chi connectivity index (χ1n) is 17.7. The zero-order valence-corrected chi connectivity index (χ0v) is 31.1. The summed E-state index contributed by atoms with van der Waals surface area (Å²) >= 11 is 0. The van der Waals surface area contributed by atoms with Gasteiger partial charge in [-0.05, 0) is 42.7 Å². The molecule has 4 atom stereocenters. The minimum atomic E-state index is -0.954. The van der Waals surface area contributed by atoms with Gasteiger partial charge in [-0.15, -0.1) is 0 Å². The number of aromatic amines is 2. The van der Waals surface area contributed by atoms with Crippen LogP contribution in [-0.2, 0) is 19.1 Å². The number of methoxy groups -OCH3 is 2. The van der Waals surface area contributed by atoms with Crippen molar-refractivity contribution < 1.29 is 28.7 Å². The third kappa shape index (κ3) is 9.25. The lowest BCUT2D eigenvalue weighted by Crippen LogP contribution is -2.41. The van der Waals surface area contributed by atoms with Crippen LogP contribution in [0.25, 0.3) is 33.8 Å². The van der Waals surface area contributed by atoms with Crippen LogP contribution < -0.4 is 21.3 Å². The molecule has 0 aliphatic carbocycles. The van der Waals surface area contributed by atoms with Crippen molar-refractivity contribution in [3.63, 3.8) is 0 Å². The summed E-state index contributed by atoms with van der Waals surface area (Å²) in [4.78, 5) is 70.6. The van der Waals surface area contributed by atoms with Crippen LogP contribution in [0.3, 0.4) is 0 Å². The summed E-state index contributed by atoms with van der Waals surface area (Å²) in [6.45, 7) is 3.60. The zero-order chi connectivity index (χ0) is 39.6. The number of hydrogen-bond acceptors (Lipinski definition) is 9. The Hall–Kier alpha value is -7.29. The lowest BCUT2D eigenvalue weighted by atomic mass is 10.1. The Morgan fingerprint density at radius 1 is 0.518 bits per heavy atom. The Labute approximate surface area is 322 Å². The fourth-order valence-electron chi connectivity index (χ4n) is 5.93. The number of benzene rings is 3. The van der Waals surface area contributed by atoms with Gasteiger partial charge in [0.25, 0.3) is 0 Å². The van der Waals surface area contributed by atoms with Crippen LogP contribution in [0.4, 0.5) is 9.59 Å². The molecule has 0 spiro atoms. The van der Waals surface area contributed by atoms with E-state index in [1.54, 1.807) is 81.0 Å². The summed E-state index contributed by atoms with van der Waals surface area (Å²) in [5.74, 6) is 0.248. The van der Waals surface area contributed by atoms with Gasteiger partial charge >= 0.3 is 12.2 Å². The van der Waals surface area contributed by atoms with E-state index in [0.717, 1.165) is 33.8 Å². The van der Waals surface area contributed by atoms with Crippen molar-refractivity contribution in [2.24, 2.45) is 0 Å². The van der Waals surface area contributed by atoms with Crippen molar-refractivity contribution in [2.45, 2.75) is 38.0 Å². The standard InChI is InChI=1S/C41H41N9O6/c1-24(45-38(51)34(49-40(53)55-3)28-11-7-5-8-12-28)36-43-22-32(47-36)27-17-15-26(16-18-27)31-20-19-30(21-42-31)33-23-44-37(48-33)25(2)46-39(52)35(50-41(54)56-4)29-13-9-6-10-14-29/h5-25,34-35H,1-4H3,(H,43,47)(H,44,48)(H,45,51)(H,46,52)(H,49,53)(H,50,54)/t24-,25+,34-,35+/m1/s1. The molecule has 6 N–H and O–H groups in total. The van der Waals surface area contributed by atoms with Crippen molar-refractivity contribution in [3.8, 4) is 33.8 Å². The van der Waals surface area contributed by atoms with E-state index in [0.29, 0.717) is 22.8 Å². The van der Waals surface area contributed by atoms with Crippen molar-refractivity contribution >= 4 is 24.0 Å². The summed E-state index contributed by atoms with van der Waals surface area (Å²) < 4.78 is 9.44. The number of carbonyl (C=O) groups excluding carboxylic acids is 4. The first kappa shape index (κ1) is 38.4. The number of nitrogens with zero attached hydrogens (tertiary/aromatic N) is 3. The highest BCUT2D eigenvalue weighted by atomic mass is 16.5. The molecule has 0 saturated heterocycles. The minimum absolute atomic E-state index is 0.412. The second kappa shape index (κ2) is 17.7. The van der Waals surface area contributed by atoms with Crippen LogP contribution in [0.5, 0.6) is 0 Å². The first-order valence-corrected chi connectivity index (χ1v) is 17.7. The van der Waals surface area contributed by atoms with E-state index in [9.17, 15) is 19.2 Å². The van der Waals surface area contributed by atoms with E-state index in [2.05, 4.69) is 46.2 Å². The van der Waals surface area contributed by atoms with Crippen molar-refractivity contribution in [3.05, 3.63) is 138 Å². The highest BCUT2D eigenvalue weighted by Gasteiger charge is 2.27. The molecule has 0 unspecified atom stereocenters. The number of H-pyrrole nitrogens is 2. The monoisotopic (exact) mass is 755 g/mol. The van der Waals surface area contributed by atoms with Crippen molar-refractivity contribution in [1.82, 2.24) is 46.2 Å². The van der Waals surface area contributed by atoms with E-state index in [-0.39, 0.29) is 0 Å². The topological polar surface area (TPSA) is 205 Å². The third-order valence-electron chi connectivity index (χ3n) is 8.98. The molecule has 6 aromatic rings. The molecule has 3 aromatic heterocycles. The molecule has 56 heavy (non-hydrogen) atoms. The van der Waals surface area contributed by atoms with Crippen LogP contribution in [0.1, 0.15) is 60.8 Å². The fraction of sp³-hybridized carbons (Fsp3) is 0.195. The van der Waals surface area contributed by atoms with Gasteiger partial charge in [0.2, 0.25) is 11.8 Å². The Morgan fingerprint density at radius 2 is 0.946 bits per heavy atom. The van der Waals surface area contributed by atoms with E-state index >= 15 is 0 Å². The maximum absolute atomic E-state index is 13.2. The predicted molar refractivity (Wildman–Crippen MR) is 207 cm³/mol. The number of nitrogens with one attached hydrogen (secondary N) is 6. The number of ether oxygens (including phenoxy) is 2. The van der Waals surface area contributed by atoms with Crippen LogP contribution in [-0.4, -0.2) is 63.1 Å². The molecule has 0 aliphatic heterocycles. The van der Waals surface area contributed by atoms with E-state index in [4.69, 9.17) is 9.47 Å². The number of hydrogen-bond donors (Lipinski definition) is 6. The minimum Gasteiger partial charge on any atom is -0.453 e. The second-order valence-electron chi connectivity index (χ2n) is 12.8. The van der Waals surface area contributed by atoms with Crippen LogP contribution >= 0.6 is 0 Å². The molecule has 0 bridgehead atoms. The summed E-state index contributed by atoms with van der Waals surface area (Å²) in [6.07, 6.45) is 3.68. The maximum atomic E-state index is 13.2. The van der Waals surface area contributed by atoms with Gasteiger partial charge in [0.15, 0.2) is 0 Å². The summed E-state index contributed by atoms with van der Waals surface area (Å²) in [5, 5.41) is 11.0. The lowest BCUT2D eigenvalue weighted by Gasteiger charge is -2.20. The molecule has 15 nitrogen and oxygen atoms in total. The molecule has 286 valence electrons. The molecule has 0 radical (unpaired) electrons. The lowest BCUT2D eigenvalue weighted by molar-refractivity contribution is -0.124. The Kier molecular flexibility index (Phi) is 12.1. The Balaban J connectivity index is 1.07. The van der Waals surface area contributed by atoms with Gasteiger partial charge in [-0.2, -0.15) is 0 Å². The molecule has 3 aromatic carbocycles. The fourth-order valence-corrected chi connectivity index (χ4v) is 5.93. The van der Waals surface area contributed by atoms with Crippen LogP contribution in [0, 0.1) is 0 Å². The predicted octanol–water partition coefficient (Wildman–Crippen LogP) is 6.08. The Bertz CT molecular complexity index is 2100. The molecule has 4 amide bonds. The smallest absolute Gasteiger partial charge is 0.407 e. The molecule has 3 heterocycles. The number of imidazole rings is 2. The number of alkyl carbamates (subject to hydrolysis) is 2. The zero-order valence-electron chi connectivity index (χ0n) is 31.1. The van der Waals surface area contributed by atoms with Gasteiger partial charge in [-0.3, -0.25) is 14.6 Å². The Morgan fingerprint density at radius 3 is 1.38 bits per heavy atom. The summed E-state index contributed by atoms with van der Waals surface area (Å²) in [7, 11) is 2.48. The molecule has 6 rings (SSSR count). The van der Waals surface area contributed by atoms with E-state index < -0.39 is 48.2 Å². The van der Waals surface area contributed by atoms with Gasteiger partial charge in [-0.1, -0.05) is 84.9 Å². The van der Waals surface area contributed by atoms with Crippen molar-refractivity contribution in [2.75, 3.05) is 14.2 Å². The molecule has 0 aliphatic rings. The second-order valence-corrected chi connectivity index (χ2v) is 12.8. The third-order valence-corrected chi connectivity index (χ3v) is 8.98. The number of rotatable bonds is 13. The van der Waals surface area contributed by atoms with Gasteiger partial charge in [-0.25, -0.2) is 19.6 Å². The first-order chi connectivity index (χ1) is 27.1. The average molecular weight is 756 g/mol. The van der Waals surface area contributed by atoms with Crippen LogP contribution in [0.15, 0.2) is 116 Å². The van der Waals surface area contributed by atoms with E-state index in [1.807, 2.05) is 48.5 Å². The maximum Gasteiger partial charge on any atom is 0.407 e. The molecule has 0 saturated carbocycles. The number of pyridine rings is 1. The molecule has 0 fully saturated rings. The van der Waals surface area contributed by atoms with Gasteiger partial charge < -0.3 is 40.7 Å². The van der Waals surface area contributed by atoms with Crippen molar-refractivity contribution in [1.29, 1.82) is 0 Å². The highest BCUT2D eigenvalue weighted by molar-refractivity contribution is 5.88. The average Bonchev–Trinajstić information content (AvgIpc) is 3.94. The van der Waals surface area contributed by atoms with Gasteiger partial charge in [0.05, 0.1) is 55.8 Å². The summed E-state index contributed by atoms with van der Waals surface area (Å²) in [5.41, 5.74) is 6.07. The number of amides is 4. The largest absolute Gasteiger partial charge is 0.453 e. The quantitative estimate of drug-likeness (QED) is 0.0807. The molecule has 15 heteroatoms. The molecular weight excluding hydrogens is 715 g/mol. The normalized spacial score (nSPS) is 13.0. The number of carbonyl (C=O) groups is 4. The molecular formula is C41H41N9O6. The van der Waals surface area contributed by atoms with Gasteiger partial charge in [0.1, 0.15) is 23.7 Å². The van der Waals surface area contributed by atoms with Gasteiger partial charge in [0, 0.05) is 17.3 Å².